The average molecular weight is 164 g/mol. The molecule has 0 N–H and O–H groups in total. The summed E-state index contributed by atoms with van der Waals surface area (Å²) in [7, 11) is 0. The third-order valence-electron chi connectivity index (χ3n) is 3.03. The molecular weight excluding hydrogens is 148 g/mol. The number of aromatic nitrogens is 2. The molecule has 2 heterocycles. The number of rotatable bonds is 1. The Balaban J connectivity index is 2.33. The second-order valence-electron chi connectivity index (χ2n) is 3.79. The van der Waals surface area contributed by atoms with Gasteiger partial charge in [0, 0.05) is 18.7 Å². The molecule has 0 spiro atoms. The zero-order valence-corrected chi connectivity index (χ0v) is 8.09. The molecule has 2 nitrogen and oxygen atoms in total. The van der Waals surface area contributed by atoms with Gasteiger partial charge in [0.1, 0.15) is 5.82 Å². The molecule has 1 aliphatic heterocycles. The van der Waals surface area contributed by atoms with Crippen LogP contribution in [0.4, 0.5) is 0 Å². The smallest absolute Gasteiger partial charge is 0.109 e. The van der Waals surface area contributed by atoms with Crippen molar-refractivity contribution in [1.82, 2.24) is 9.55 Å². The van der Waals surface area contributed by atoms with Crippen LogP contribution in [0.1, 0.15) is 30.6 Å². The summed E-state index contributed by atoms with van der Waals surface area (Å²) in [4.78, 5) is 4.55. The summed E-state index contributed by atoms with van der Waals surface area (Å²) >= 11 is 0. The van der Waals surface area contributed by atoms with Crippen LogP contribution in [0.2, 0.25) is 0 Å². The van der Waals surface area contributed by atoms with Crippen molar-refractivity contribution in [3.05, 3.63) is 17.2 Å². The van der Waals surface area contributed by atoms with Gasteiger partial charge in [-0.15, -0.1) is 0 Å². The summed E-state index contributed by atoms with van der Waals surface area (Å²) < 4.78 is 2.38. The zero-order chi connectivity index (χ0) is 8.72. The number of imidazole rings is 1. The fourth-order valence-electron chi connectivity index (χ4n) is 1.98. The molecule has 0 aliphatic carbocycles. The van der Waals surface area contributed by atoms with Crippen LogP contribution in [0.25, 0.3) is 0 Å². The lowest BCUT2D eigenvalue weighted by Crippen LogP contribution is -2.02. The van der Waals surface area contributed by atoms with Crippen LogP contribution in [0.3, 0.4) is 0 Å². The number of hydrogen-bond acceptors (Lipinski definition) is 1. The highest BCUT2D eigenvalue weighted by atomic mass is 15.1. The minimum absolute atomic E-state index is 0.840. The lowest BCUT2D eigenvalue weighted by molar-refractivity contribution is 0.492. The largest absolute Gasteiger partial charge is 0.332 e. The number of nitrogens with zero attached hydrogens (tertiary/aromatic N) is 2. The van der Waals surface area contributed by atoms with Crippen molar-refractivity contribution in [3.8, 4) is 0 Å². The van der Waals surface area contributed by atoms with E-state index in [2.05, 4.69) is 30.3 Å². The van der Waals surface area contributed by atoms with Gasteiger partial charge in [-0.05, 0) is 19.8 Å². The van der Waals surface area contributed by atoms with Crippen molar-refractivity contribution >= 4 is 0 Å². The van der Waals surface area contributed by atoms with E-state index in [-0.39, 0.29) is 0 Å². The first-order valence-corrected chi connectivity index (χ1v) is 4.75. The molecule has 0 amide bonds. The average Bonchev–Trinajstić information content (AvgIpc) is 2.55. The molecule has 1 aliphatic rings. The van der Waals surface area contributed by atoms with Gasteiger partial charge in [-0.2, -0.15) is 0 Å². The van der Waals surface area contributed by atoms with Gasteiger partial charge in [0.15, 0.2) is 0 Å². The molecular formula is C10H16N2. The van der Waals surface area contributed by atoms with E-state index in [1.165, 1.54) is 36.6 Å². The highest BCUT2D eigenvalue weighted by Crippen LogP contribution is 2.25. The van der Waals surface area contributed by atoms with Crippen LogP contribution in [-0.4, -0.2) is 9.55 Å². The van der Waals surface area contributed by atoms with Gasteiger partial charge in [-0.1, -0.05) is 13.3 Å². The second-order valence-corrected chi connectivity index (χ2v) is 3.79. The summed E-state index contributed by atoms with van der Waals surface area (Å²) in [6, 6.07) is 0. The van der Waals surface area contributed by atoms with Gasteiger partial charge in [-0.3, -0.25) is 0 Å². The third-order valence-corrected chi connectivity index (χ3v) is 3.03. The summed E-state index contributed by atoms with van der Waals surface area (Å²) in [6.45, 7) is 7.73. The van der Waals surface area contributed by atoms with Crippen LogP contribution in [0.5, 0.6) is 0 Å². The summed E-state index contributed by atoms with van der Waals surface area (Å²) in [5.74, 6) is 2.14. The predicted octanol–water partition coefficient (Wildman–Crippen LogP) is 2.08. The van der Waals surface area contributed by atoms with Crippen LogP contribution < -0.4 is 0 Å². The maximum atomic E-state index is 4.55. The van der Waals surface area contributed by atoms with E-state index in [4.69, 9.17) is 0 Å². The van der Waals surface area contributed by atoms with Crippen molar-refractivity contribution in [1.29, 1.82) is 0 Å². The number of hydrogen-bond donors (Lipinski definition) is 0. The number of aryl methyl sites for hydroxylation is 1. The Bertz CT molecular complexity index is 299. The lowest BCUT2D eigenvalue weighted by atomic mass is 10.1. The van der Waals surface area contributed by atoms with Gasteiger partial charge in [0.05, 0.1) is 5.69 Å². The Hall–Kier alpha value is -0.790. The number of fused-ring (bicyclic) bond motifs is 1. The first-order chi connectivity index (χ1) is 5.72. The van der Waals surface area contributed by atoms with Crippen LogP contribution in [-0.2, 0) is 13.0 Å². The van der Waals surface area contributed by atoms with Crippen LogP contribution in [0.15, 0.2) is 0 Å². The molecule has 66 valence electrons. The monoisotopic (exact) mass is 164 g/mol. The predicted molar refractivity (Wildman–Crippen MR) is 49.2 cm³/mol. The SMILES string of the molecule is CCC1Cc2nc(C)c(C)n2C1. The molecule has 0 bridgehead atoms. The minimum Gasteiger partial charge on any atom is -0.332 e. The van der Waals surface area contributed by atoms with Gasteiger partial charge in [0.2, 0.25) is 0 Å². The third kappa shape index (κ3) is 0.977. The Kier molecular flexibility index (Phi) is 1.71. The van der Waals surface area contributed by atoms with E-state index in [1.54, 1.807) is 0 Å². The Morgan fingerprint density at radius 1 is 1.50 bits per heavy atom. The summed E-state index contributed by atoms with van der Waals surface area (Å²) in [5, 5.41) is 0. The Morgan fingerprint density at radius 2 is 2.25 bits per heavy atom. The summed E-state index contributed by atoms with van der Waals surface area (Å²) in [6.07, 6.45) is 2.47. The minimum atomic E-state index is 0.840. The molecule has 1 atom stereocenters. The fourth-order valence-corrected chi connectivity index (χ4v) is 1.98. The van der Waals surface area contributed by atoms with Gasteiger partial charge in [0.25, 0.3) is 0 Å². The van der Waals surface area contributed by atoms with Crippen molar-refractivity contribution in [2.75, 3.05) is 0 Å². The Labute approximate surface area is 73.6 Å². The van der Waals surface area contributed by atoms with E-state index in [1.807, 2.05) is 0 Å². The van der Waals surface area contributed by atoms with Crippen molar-refractivity contribution in [2.24, 2.45) is 5.92 Å². The molecule has 0 saturated heterocycles. The maximum absolute atomic E-state index is 4.55. The highest BCUT2D eigenvalue weighted by molar-refractivity contribution is 5.17. The normalized spacial score (nSPS) is 21.4. The molecule has 1 aromatic rings. The van der Waals surface area contributed by atoms with Crippen molar-refractivity contribution < 1.29 is 0 Å². The van der Waals surface area contributed by atoms with E-state index >= 15 is 0 Å². The van der Waals surface area contributed by atoms with Gasteiger partial charge in [-0.25, -0.2) is 4.98 Å². The van der Waals surface area contributed by atoms with Crippen molar-refractivity contribution in [3.63, 3.8) is 0 Å². The van der Waals surface area contributed by atoms with Crippen LogP contribution in [0, 0.1) is 19.8 Å². The van der Waals surface area contributed by atoms with E-state index in [9.17, 15) is 0 Å². The molecule has 1 unspecified atom stereocenters. The van der Waals surface area contributed by atoms with Crippen molar-refractivity contribution in [2.45, 2.75) is 40.2 Å². The van der Waals surface area contributed by atoms with E-state index in [0.29, 0.717) is 0 Å². The quantitative estimate of drug-likeness (QED) is 0.621. The molecule has 0 saturated carbocycles. The standard InChI is InChI=1S/C10H16N2/c1-4-9-5-10-11-7(2)8(3)12(10)6-9/h9H,4-6H2,1-3H3. The maximum Gasteiger partial charge on any atom is 0.109 e. The topological polar surface area (TPSA) is 17.8 Å². The molecule has 2 heteroatoms. The molecule has 0 radical (unpaired) electrons. The zero-order valence-electron chi connectivity index (χ0n) is 8.09. The van der Waals surface area contributed by atoms with E-state index < -0.39 is 0 Å². The lowest BCUT2D eigenvalue weighted by Gasteiger charge is -2.04. The Morgan fingerprint density at radius 3 is 2.83 bits per heavy atom. The van der Waals surface area contributed by atoms with Gasteiger partial charge < -0.3 is 4.57 Å². The second kappa shape index (κ2) is 2.61. The van der Waals surface area contributed by atoms with Gasteiger partial charge >= 0.3 is 0 Å². The molecule has 0 aromatic carbocycles. The summed E-state index contributed by atoms with van der Waals surface area (Å²) in [5.41, 5.74) is 2.57. The van der Waals surface area contributed by atoms with E-state index in [0.717, 1.165) is 5.92 Å². The first-order valence-electron chi connectivity index (χ1n) is 4.75. The molecule has 0 fully saturated rings. The molecule has 2 rings (SSSR count). The fraction of sp³-hybridized carbons (Fsp3) is 0.700. The molecule has 12 heavy (non-hydrogen) atoms. The highest BCUT2D eigenvalue weighted by Gasteiger charge is 2.23. The molecule has 1 aromatic heterocycles. The first kappa shape index (κ1) is 7.84. The van der Waals surface area contributed by atoms with Crippen LogP contribution >= 0.6 is 0 Å².